The number of aryl methyl sites for hydroxylation is 1. The van der Waals surface area contributed by atoms with Gasteiger partial charge in [-0.3, -0.25) is 4.99 Å². The maximum absolute atomic E-state index is 10.3. The number of aromatic nitrogens is 3. The minimum atomic E-state index is -0.648. The number of nitrogens with one attached hydrogen (secondary N) is 2. The maximum atomic E-state index is 10.3. The van der Waals surface area contributed by atoms with E-state index in [4.69, 9.17) is 11.6 Å². The molecule has 3 N–H and O–H groups in total. The number of halogens is 2. The van der Waals surface area contributed by atoms with Gasteiger partial charge in [-0.1, -0.05) is 18.0 Å². The SMILES string of the molecule is CCNC(=NCC(O)c1ccc(Cl)s1)NCCc1nnc2n1CCCCC2.I. The normalized spacial score (nSPS) is 15.3. The van der Waals surface area contributed by atoms with Gasteiger partial charge < -0.3 is 20.3 Å². The van der Waals surface area contributed by atoms with Gasteiger partial charge in [-0.05, 0) is 31.9 Å². The van der Waals surface area contributed by atoms with Crippen molar-refractivity contribution in [3.05, 3.63) is 33.0 Å². The van der Waals surface area contributed by atoms with Crippen molar-refractivity contribution in [1.29, 1.82) is 0 Å². The van der Waals surface area contributed by atoms with Crippen molar-refractivity contribution in [2.24, 2.45) is 4.99 Å². The van der Waals surface area contributed by atoms with E-state index >= 15 is 0 Å². The number of hydrogen-bond acceptors (Lipinski definition) is 5. The lowest BCUT2D eigenvalue weighted by Crippen LogP contribution is -2.38. The highest BCUT2D eigenvalue weighted by Crippen LogP contribution is 2.26. The molecule has 156 valence electrons. The van der Waals surface area contributed by atoms with Gasteiger partial charge in [-0.25, -0.2) is 0 Å². The third kappa shape index (κ3) is 6.57. The number of aliphatic imine (C=N–C) groups is 1. The van der Waals surface area contributed by atoms with Crippen molar-refractivity contribution in [2.75, 3.05) is 19.6 Å². The third-order valence-electron chi connectivity index (χ3n) is 4.52. The quantitative estimate of drug-likeness (QED) is 0.286. The second kappa shape index (κ2) is 11.9. The maximum Gasteiger partial charge on any atom is 0.191 e. The van der Waals surface area contributed by atoms with Crippen molar-refractivity contribution in [3.63, 3.8) is 0 Å². The van der Waals surface area contributed by atoms with E-state index in [2.05, 4.69) is 30.4 Å². The van der Waals surface area contributed by atoms with Crippen LogP contribution in [0.5, 0.6) is 0 Å². The van der Waals surface area contributed by atoms with E-state index < -0.39 is 6.10 Å². The molecule has 10 heteroatoms. The van der Waals surface area contributed by atoms with Gasteiger partial charge in [0, 0.05) is 37.4 Å². The monoisotopic (exact) mass is 538 g/mol. The van der Waals surface area contributed by atoms with E-state index in [-0.39, 0.29) is 30.5 Å². The van der Waals surface area contributed by atoms with Crippen molar-refractivity contribution in [2.45, 2.75) is 51.7 Å². The molecule has 0 saturated carbocycles. The number of aliphatic hydroxyl groups excluding tert-OH is 1. The zero-order valence-corrected chi connectivity index (χ0v) is 19.9. The third-order valence-corrected chi connectivity index (χ3v) is 5.85. The van der Waals surface area contributed by atoms with Crippen LogP contribution in [0.15, 0.2) is 17.1 Å². The fourth-order valence-electron chi connectivity index (χ4n) is 3.14. The lowest BCUT2D eigenvalue weighted by Gasteiger charge is -2.13. The molecule has 0 spiro atoms. The lowest BCUT2D eigenvalue weighted by atomic mass is 10.2. The Kier molecular flexibility index (Phi) is 9.96. The summed E-state index contributed by atoms with van der Waals surface area (Å²) in [4.78, 5) is 5.31. The van der Waals surface area contributed by atoms with Crippen LogP contribution in [0.1, 0.15) is 48.8 Å². The van der Waals surface area contributed by atoms with Crippen LogP contribution in [0.2, 0.25) is 4.34 Å². The Hall–Kier alpha value is -0.910. The minimum absolute atomic E-state index is 0. The summed E-state index contributed by atoms with van der Waals surface area (Å²) in [5, 5.41) is 25.5. The van der Waals surface area contributed by atoms with Gasteiger partial charge in [-0.2, -0.15) is 0 Å². The molecule has 1 aliphatic heterocycles. The van der Waals surface area contributed by atoms with E-state index in [9.17, 15) is 5.11 Å². The number of nitrogens with zero attached hydrogens (tertiary/aromatic N) is 4. The number of fused-ring (bicyclic) bond motifs is 1. The van der Waals surface area contributed by atoms with Crippen LogP contribution in [0.4, 0.5) is 0 Å². The van der Waals surface area contributed by atoms with Gasteiger partial charge in [0.1, 0.15) is 17.8 Å². The molecular weight excluding hydrogens is 511 g/mol. The summed E-state index contributed by atoms with van der Waals surface area (Å²) in [6, 6.07) is 3.63. The van der Waals surface area contributed by atoms with E-state index in [0.717, 1.165) is 42.5 Å². The molecule has 3 heterocycles. The summed E-state index contributed by atoms with van der Waals surface area (Å²) in [7, 11) is 0. The molecule has 0 aliphatic carbocycles. The predicted molar refractivity (Wildman–Crippen MR) is 125 cm³/mol. The van der Waals surface area contributed by atoms with Crippen molar-refractivity contribution in [3.8, 4) is 0 Å². The highest BCUT2D eigenvalue weighted by Gasteiger charge is 2.14. The van der Waals surface area contributed by atoms with Gasteiger partial charge in [0.15, 0.2) is 5.96 Å². The first-order valence-corrected chi connectivity index (χ1v) is 10.7. The topological polar surface area (TPSA) is 87.4 Å². The molecule has 0 aromatic carbocycles. The smallest absolute Gasteiger partial charge is 0.191 e. The highest BCUT2D eigenvalue weighted by atomic mass is 127. The first-order chi connectivity index (χ1) is 13.2. The van der Waals surface area contributed by atoms with E-state index in [1.165, 1.54) is 30.6 Å². The molecule has 3 rings (SSSR count). The fourth-order valence-corrected chi connectivity index (χ4v) is 4.18. The van der Waals surface area contributed by atoms with Gasteiger partial charge in [0.25, 0.3) is 0 Å². The first-order valence-electron chi connectivity index (χ1n) is 9.53. The molecule has 0 fully saturated rings. The van der Waals surface area contributed by atoms with Gasteiger partial charge in [-0.15, -0.1) is 45.5 Å². The molecule has 7 nitrogen and oxygen atoms in total. The molecule has 28 heavy (non-hydrogen) atoms. The Labute approximate surface area is 192 Å². The Bertz CT molecular complexity index is 765. The van der Waals surface area contributed by atoms with Crippen LogP contribution in [0.3, 0.4) is 0 Å². The molecule has 2 aromatic rings. The zero-order valence-electron chi connectivity index (χ0n) is 16.0. The average molecular weight is 539 g/mol. The Balaban J connectivity index is 0.00000280. The summed E-state index contributed by atoms with van der Waals surface area (Å²) in [6.07, 6.45) is 4.82. The van der Waals surface area contributed by atoms with Crippen molar-refractivity contribution < 1.29 is 5.11 Å². The molecule has 0 saturated heterocycles. The molecule has 2 aromatic heterocycles. The van der Waals surface area contributed by atoms with Crippen LogP contribution in [0, 0.1) is 0 Å². The highest BCUT2D eigenvalue weighted by molar-refractivity contribution is 14.0. The summed E-state index contributed by atoms with van der Waals surface area (Å²) < 4.78 is 2.94. The molecular formula is C18H28ClIN6OS. The van der Waals surface area contributed by atoms with Crippen LogP contribution in [-0.2, 0) is 19.4 Å². The Morgan fingerprint density at radius 3 is 2.93 bits per heavy atom. The Morgan fingerprint density at radius 2 is 2.18 bits per heavy atom. The number of thiophene rings is 1. The standard InChI is InChI=1S/C18H27ClN6OS.HI/c1-2-20-18(22-12-13(26)14-7-8-15(19)27-14)21-10-9-17-24-23-16-6-4-3-5-11-25(16)17;/h7-8,13,26H,2-6,9-12H2,1H3,(H2,20,21,22);1H. The number of aliphatic hydroxyl groups is 1. The lowest BCUT2D eigenvalue weighted by molar-refractivity contribution is 0.191. The summed E-state index contributed by atoms with van der Waals surface area (Å²) >= 11 is 7.31. The van der Waals surface area contributed by atoms with Gasteiger partial charge >= 0.3 is 0 Å². The van der Waals surface area contributed by atoms with Crippen LogP contribution >= 0.6 is 46.9 Å². The first kappa shape index (κ1) is 23.4. The zero-order chi connectivity index (χ0) is 19.1. The average Bonchev–Trinajstić information content (AvgIpc) is 3.18. The summed E-state index contributed by atoms with van der Waals surface area (Å²) in [5.41, 5.74) is 0. The van der Waals surface area contributed by atoms with Crippen molar-refractivity contribution in [1.82, 2.24) is 25.4 Å². The number of guanidine groups is 1. The van der Waals surface area contributed by atoms with Crippen molar-refractivity contribution >= 4 is 52.9 Å². The largest absolute Gasteiger partial charge is 0.386 e. The minimum Gasteiger partial charge on any atom is -0.386 e. The van der Waals surface area contributed by atoms with Gasteiger partial charge in [0.2, 0.25) is 0 Å². The molecule has 1 aliphatic rings. The molecule has 0 radical (unpaired) electrons. The van der Waals surface area contributed by atoms with Crippen LogP contribution in [-0.4, -0.2) is 45.5 Å². The second-order valence-corrected chi connectivity index (χ2v) is 8.30. The molecule has 0 bridgehead atoms. The Morgan fingerprint density at radius 1 is 1.32 bits per heavy atom. The molecule has 1 atom stereocenters. The molecule has 0 amide bonds. The molecule has 1 unspecified atom stereocenters. The van der Waals surface area contributed by atoms with E-state index in [1.54, 1.807) is 6.07 Å². The summed E-state index contributed by atoms with van der Waals surface area (Å²) in [6.45, 7) is 4.79. The fraction of sp³-hybridized carbons (Fsp3) is 0.611. The number of rotatable bonds is 7. The van der Waals surface area contributed by atoms with Crippen LogP contribution < -0.4 is 10.6 Å². The number of hydrogen-bond donors (Lipinski definition) is 3. The summed E-state index contributed by atoms with van der Waals surface area (Å²) in [5.74, 6) is 2.83. The van der Waals surface area contributed by atoms with Crippen LogP contribution in [0.25, 0.3) is 0 Å². The van der Waals surface area contributed by atoms with Gasteiger partial charge in [0.05, 0.1) is 10.9 Å². The van der Waals surface area contributed by atoms with E-state index in [1.807, 2.05) is 13.0 Å². The van der Waals surface area contributed by atoms with E-state index in [0.29, 0.717) is 16.8 Å². The second-order valence-electron chi connectivity index (χ2n) is 6.55. The predicted octanol–water partition coefficient (Wildman–Crippen LogP) is 3.17.